The van der Waals surface area contributed by atoms with E-state index in [1.54, 1.807) is 0 Å². The summed E-state index contributed by atoms with van der Waals surface area (Å²) in [5.41, 5.74) is 1.56. The van der Waals surface area contributed by atoms with Crippen LogP contribution in [-0.4, -0.2) is 0 Å². The summed E-state index contributed by atoms with van der Waals surface area (Å²) >= 11 is 0. The third-order valence-corrected chi connectivity index (χ3v) is 3.41. The second-order valence-electron chi connectivity index (χ2n) is 4.56. The maximum atomic E-state index is 12.5. The van der Waals surface area contributed by atoms with Gasteiger partial charge in [-0.05, 0) is 37.0 Å². The van der Waals surface area contributed by atoms with E-state index in [0.717, 1.165) is 18.4 Å². The summed E-state index contributed by atoms with van der Waals surface area (Å²) in [4.78, 5) is 12.5. The zero-order valence-electron chi connectivity index (χ0n) is 10.1. The first-order chi connectivity index (χ1) is 8.81. The van der Waals surface area contributed by atoms with Crippen LogP contribution < -0.4 is 5.43 Å². The fraction of sp³-hybridized carbons (Fsp3) is 0.188. The number of hydrogen-bond acceptors (Lipinski definition) is 2. The van der Waals surface area contributed by atoms with Gasteiger partial charge in [0.25, 0.3) is 0 Å². The van der Waals surface area contributed by atoms with Gasteiger partial charge in [0.15, 0.2) is 5.43 Å². The van der Waals surface area contributed by atoms with Crippen molar-refractivity contribution in [2.24, 2.45) is 0 Å². The van der Waals surface area contributed by atoms with Crippen LogP contribution in [0.3, 0.4) is 0 Å². The van der Waals surface area contributed by atoms with Crippen LogP contribution in [0.25, 0.3) is 17.0 Å². The van der Waals surface area contributed by atoms with Crippen molar-refractivity contribution in [3.8, 4) is 0 Å². The molecule has 90 valence electrons. The Labute approximate surface area is 105 Å². The van der Waals surface area contributed by atoms with Crippen LogP contribution in [0.2, 0.25) is 0 Å². The fourth-order valence-corrected chi connectivity index (χ4v) is 2.56. The van der Waals surface area contributed by atoms with E-state index in [0.29, 0.717) is 16.7 Å². The lowest BCUT2D eigenvalue weighted by molar-refractivity contribution is 0.555. The molecule has 1 aromatic carbocycles. The number of hydrogen-bond donors (Lipinski definition) is 0. The molecule has 0 aliphatic heterocycles. The van der Waals surface area contributed by atoms with Crippen molar-refractivity contribution in [3.63, 3.8) is 0 Å². The summed E-state index contributed by atoms with van der Waals surface area (Å²) in [6.45, 7) is 3.76. The van der Waals surface area contributed by atoms with Crippen LogP contribution in [0.15, 0.2) is 52.2 Å². The minimum absolute atomic E-state index is 0.100. The number of allylic oxidation sites excluding steroid dienone is 2. The number of fused-ring (bicyclic) bond motifs is 2. The van der Waals surface area contributed by atoms with E-state index in [1.807, 2.05) is 36.4 Å². The highest BCUT2D eigenvalue weighted by molar-refractivity contribution is 5.78. The van der Waals surface area contributed by atoms with Gasteiger partial charge < -0.3 is 4.42 Å². The SMILES string of the molecule is C=CCC1CC=Cc2oc3ccccc3c(=O)c21. The van der Waals surface area contributed by atoms with E-state index in [2.05, 4.69) is 12.7 Å². The van der Waals surface area contributed by atoms with E-state index in [1.165, 1.54) is 0 Å². The first-order valence-corrected chi connectivity index (χ1v) is 6.14. The molecule has 1 atom stereocenters. The summed E-state index contributed by atoms with van der Waals surface area (Å²) in [6.07, 6.45) is 7.52. The monoisotopic (exact) mass is 238 g/mol. The topological polar surface area (TPSA) is 30.2 Å². The molecule has 1 unspecified atom stereocenters. The summed E-state index contributed by atoms with van der Waals surface area (Å²) < 4.78 is 5.82. The van der Waals surface area contributed by atoms with E-state index < -0.39 is 0 Å². The minimum Gasteiger partial charge on any atom is -0.456 e. The van der Waals surface area contributed by atoms with Crippen molar-refractivity contribution >= 4 is 17.0 Å². The first-order valence-electron chi connectivity index (χ1n) is 6.14. The van der Waals surface area contributed by atoms with Gasteiger partial charge in [-0.25, -0.2) is 0 Å². The van der Waals surface area contributed by atoms with Gasteiger partial charge in [0.1, 0.15) is 11.3 Å². The molecule has 3 rings (SSSR count). The molecular formula is C16H14O2. The molecule has 2 nitrogen and oxygen atoms in total. The van der Waals surface area contributed by atoms with Gasteiger partial charge in [0, 0.05) is 5.56 Å². The largest absolute Gasteiger partial charge is 0.456 e. The van der Waals surface area contributed by atoms with Crippen molar-refractivity contribution < 1.29 is 4.42 Å². The van der Waals surface area contributed by atoms with Crippen molar-refractivity contribution in [1.29, 1.82) is 0 Å². The Morgan fingerprint density at radius 3 is 3.06 bits per heavy atom. The van der Waals surface area contributed by atoms with E-state index in [9.17, 15) is 4.79 Å². The van der Waals surface area contributed by atoms with Gasteiger partial charge in [-0.15, -0.1) is 6.58 Å². The molecule has 0 saturated carbocycles. The summed E-state index contributed by atoms with van der Waals surface area (Å²) in [7, 11) is 0. The molecule has 1 aliphatic carbocycles. The first kappa shape index (κ1) is 11.0. The predicted octanol–water partition coefficient (Wildman–Crippen LogP) is 3.87. The molecule has 2 heteroatoms. The summed E-state index contributed by atoms with van der Waals surface area (Å²) in [5, 5.41) is 0.667. The second-order valence-corrected chi connectivity index (χ2v) is 4.56. The normalized spacial score (nSPS) is 17.7. The maximum absolute atomic E-state index is 12.5. The smallest absolute Gasteiger partial charge is 0.196 e. The van der Waals surface area contributed by atoms with Gasteiger partial charge in [0.2, 0.25) is 0 Å². The molecule has 1 aliphatic rings. The van der Waals surface area contributed by atoms with Crippen molar-refractivity contribution in [2.45, 2.75) is 18.8 Å². The van der Waals surface area contributed by atoms with Crippen LogP contribution in [0.1, 0.15) is 30.1 Å². The highest BCUT2D eigenvalue weighted by Crippen LogP contribution is 2.31. The molecular weight excluding hydrogens is 224 g/mol. The number of para-hydroxylation sites is 1. The van der Waals surface area contributed by atoms with Crippen LogP contribution in [0, 0.1) is 0 Å². The van der Waals surface area contributed by atoms with Gasteiger partial charge in [-0.2, -0.15) is 0 Å². The third-order valence-electron chi connectivity index (χ3n) is 3.41. The summed E-state index contributed by atoms with van der Waals surface area (Å²) in [5.74, 6) is 0.903. The van der Waals surface area contributed by atoms with Crippen molar-refractivity contribution in [2.75, 3.05) is 0 Å². The molecule has 1 aromatic heterocycles. The quantitative estimate of drug-likeness (QED) is 0.743. The number of rotatable bonds is 2. The van der Waals surface area contributed by atoms with Crippen molar-refractivity contribution in [3.05, 3.63) is 64.5 Å². The van der Waals surface area contributed by atoms with Crippen LogP contribution in [0.5, 0.6) is 0 Å². The highest BCUT2D eigenvalue weighted by atomic mass is 16.3. The Kier molecular flexibility index (Phi) is 2.63. The molecule has 2 aromatic rings. The maximum Gasteiger partial charge on any atom is 0.196 e. The van der Waals surface area contributed by atoms with Gasteiger partial charge in [-0.3, -0.25) is 4.79 Å². The van der Waals surface area contributed by atoms with Gasteiger partial charge in [-0.1, -0.05) is 24.3 Å². The Bertz CT molecular complexity index is 692. The average Bonchev–Trinajstić information content (AvgIpc) is 2.39. The van der Waals surface area contributed by atoms with E-state index in [4.69, 9.17) is 4.42 Å². The second kappa shape index (κ2) is 4.30. The number of benzene rings is 1. The lowest BCUT2D eigenvalue weighted by Crippen LogP contribution is -2.17. The molecule has 0 bridgehead atoms. The predicted molar refractivity (Wildman–Crippen MR) is 73.7 cm³/mol. The zero-order valence-corrected chi connectivity index (χ0v) is 10.1. The fourth-order valence-electron chi connectivity index (χ4n) is 2.56. The standard InChI is InChI=1S/C16H14O2/c1-2-6-11-7-5-10-14-15(11)16(17)12-8-3-4-9-13(12)18-14/h2-5,8-11H,1,6-7H2. The lowest BCUT2D eigenvalue weighted by atomic mass is 9.87. The average molecular weight is 238 g/mol. The molecule has 0 saturated heterocycles. The Balaban J connectivity index is 2.33. The molecule has 0 spiro atoms. The van der Waals surface area contributed by atoms with Gasteiger partial charge >= 0.3 is 0 Å². The molecule has 0 amide bonds. The molecule has 1 heterocycles. The minimum atomic E-state index is 0.100. The van der Waals surface area contributed by atoms with Crippen molar-refractivity contribution in [1.82, 2.24) is 0 Å². The summed E-state index contributed by atoms with van der Waals surface area (Å²) in [6, 6.07) is 7.41. The highest BCUT2D eigenvalue weighted by Gasteiger charge is 2.22. The molecule has 0 N–H and O–H groups in total. The zero-order chi connectivity index (χ0) is 12.5. The lowest BCUT2D eigenvalue weighted by Gasteiger charge is -2.19. The van der Waals surface area contributed by atoms with Crippen LogP contribution in [0.4, 0.5) is 0 Å². The Hall–Kier alpha value is -2.09. The molecule has 0 radical (unpaired) electrons. The Morgan fingerprint density at radius 1 is 1.39 bits per heavy atom. The van der Waals surface area contributed by atoms with E-state index in [-0.39, 0.29) is 11.3 Å². The van der Waals surface area contributed by atoms with Gasteiger partial charge in [0.05, 0.1) is 5.39 Å². The molecule has 0 fully saturated rings. The molecule has 18 heavy (non-hydrogen) atoms. The Morgan fingerprint density at radius 2 is 2.22 bits per heavy atom. The third kappa shape index (κ3) is 1.61. The van der Waals surface area contributed by atoms with Crippen LogP contribution >= 0.6 is 0 Å². The van der Waals surface area contributed by atoms with E-state index >= 15 is 0 Å². The van der Waals surface area contributed by atoms with Crippen LogP contribution in [-0.2, 0) is 0 Å².